The number of phenols is 1. The SMILES string of the molecule is Cc1cc(-c2ccc(-c3coc4ccccc34)cc2)cc(C)c1O. The van der Waals surface area contributed by atoms with E-state index in [-0.39, 0.29) is 0 Å². The van der Waals surface area contributed by atoms with Crippen molar-refractivity contribution in [2.45, 2.75) is 13.8 Å². The summed E-state index contributed by atoms with van der Waals surface area (Å²) in [7, 11) is 0. The molecule has 0 spiro atoms. The van der Waals surface area contributed by atoms with E-state index in [9.17, 15) is 5.11 Å². The predicted octanol–water partition coefficient (Wildman–Crippen LogP) is 6.09. The highest BCUT2D eigenvalue weighted by Crippen LogP contribution is 2.33. The maximum absolute atomic E-state index is 9.94. The van der Waals surface area contributed by atoms with Crippen LogP contribution in [0.3, 0.4) is 0 Å². The fourth-order valence-electron chi connectivity index (χ4n) is 3.17. The van der Waals surface area contributed by atoms with E-state index in [2.05, 4.69) is 30.3 Å². The maximum atomic E-state index is 9.94. The number of aromatic hydroxyl groups is 1. The van der Waals surface area contributed by atoms with Crippen LogP contribution < -0.4 is 0 Å². The van der Waals surface area contributed by atoms with E-state index in [0.29, 0.717) is 5.75 Å². The van der Waals surface area contributed by atoms with Crippen LogP contribution in [0.15, 0.2) is 71.3 Å². The first-order valence-corrected chi connectivity index (χ1v) is 8.01. The van der Waals surface area contributed by atoms with Crippen molar-refractivity contribution in [2.24, 2.45) is 0 Å². The van der Waals surface area contributed by atoms with E-state index in [0.717, 1.165) is 44.3 Å². The molecule has 0 fully saturated rings. The Hall–Kier alpha value is -3.00. The van der Waals surface area contributed by atoms with Crippen LogP contribution >= 0.6 is 0 Å². The average molecular weight is 314 g/mol. The maximum Gasteiger partial charge on any atom is 0.134 e. The molecule has 0 amide bonds. The minimum absolute atomic E-state index is 0.375. The zero-order chi connectivity index (χ0) is 16.7. The quantitative estimate of drug-likeness (QED) is 0.485. The molecule has 2 nitrogen and oxygen atoms in total. The minimum atomic E-state index is 0.375. The molecule has 0 aliphatic heterocycles. The van der Waals surface area contributed by atoms with Gasteiger partial charge in [-0.25, -0.2) is 0 Å². The summed E-state index contributed by atoms with van der Waals surface area (Å²) in [6.07, 6.45) is 1.81. The van der Waals surface area contributed by atoms with Gasteiger partial charge in [-0.15, -0.1) is 0 Å². The Labute approximate surface area is 141 Å². The summed E-state index contributed by atoms with van der Waals surface area (Å²) in [4.78, 5) is 0. The summed E-state index contributed by atoms with van der Waals surface area (Å²) in [6.45, 7) is 3.86. The molecule has 0 radical (unpaired) electrons. The van der Waals surface area contributed by atoms with Gasteiger partial charge in [0, 0.05) is 10.9 Å². The number of hydrogen-bond acceptors (Lipinski definition) is 2. The van der Waals surface area contributed by atoms with Gasteiger partial charge in [-0.05, 0) is 59.9 Å². The summed E-state index contributed by atoms with van der Waals surface area (Å²) in [5.41, 5.74) is 7.20. The van der Waals surface area contributed by atoms with Crippen molar-refractivity contribution in [3.63, 3.8) is 0 Å². The van der Waals surface area contributed by atoms with Crippen LogP contribution in [0, 0.1) is 13.8 Å². The molecule has 1 N–H and O–H groups in total. The molecule has 3 aromatic carbocycles. The van der Waals surface area contributed by atoms with E-state index in [4.69, 9.17) is 4.42 Å². The molecule has 118 valence electrons. The highest BCUT2D eigenvalue weighted by molar-refractivity contribution is 5.94. The van der Waals surface area contributed by atoms with Crippen molar-refractivity contribution in [2.75, 3.05) is 0 Å². The zero-order valence-electron chi connectivity index (χ0n) is 13.7. The Bertz CT molecular complexity index is 1000. The largest absolute Gasteiger partial charge is 0.507 e. The Morgan fingerprint density at radius 3 is 2.08 bits per heavy atom. The van der Waals surface area contributed by atoms with E-state index in [1.54, 1.807) is 0 Å². The topological polar surface area (TPSA) is 33.4 Å². The smallest absolute Gasteiger partial charge is 0.134 e. The standard InChI is InChI=1S/C22H18O2/c1-14-11-18(12-15(2)22(14)23)16-7-9-17(10-8-16)20-13-24-21-6-4-3-5-19(20)21/h3-13,23H,1-2H3. The van der Waals surface area contributed by atoms with Gasteiger partial charge in [0.05, 0.1) is 6.26 Å². The van der Waals surface area contributed by atoms with Crippen LogP contribution in [0.25, 0.3) is 33.2 Å². The van der Waals surface area contributed by atoms with Gasteiger partial charge in [-0.3, -0.25) is 0 Å². The van der Waals surface area contributed by atoms with Crippen molar-refractivity contribution in [3.05, 3.63) is 78.1 Å². The lowest BCUT2D eigenvalue weighted by Gasteiger charge is -2.09. The second-order valence-electron chi connectivity index (χ2n) is 6.18. The number of rotatable bonds is 2. The van der Waals surface area contributed by atoms with Crippen molar-refractivity contribution in [3.8, 4) is 28.0 Å². The van der Waals surface area contributed by atoms with Crippen LogP contribution in [0.1, 0.15) is 11.1 Å². The van der Waals surface area contributed by atoms with Crippen LogP contribution in [-0.4, -0.2) is 5.11 Å². The summed E-state index contributed by atoms with van der Waals surface area (Å²) in [5.74, 6) is 0.375. The van der Waals surface area contributed by atoms with Crippen LogP contribution in [-0.2, 0) is 0 Å². The first kappa shape index (κ1) is 14.6. The van der Waals surface area contributed by atoms with Gasteiger partial charge >= 0.3 is 0 Å². The number of aryl methyl sites for hydroxylation is 2. The molecule has 0 saturated carbocycles. The van der Waals surface area contributed by atoms with Crippen LogP contribution in [0.4, 0.5) is 0 Å². The normalized spacial score (nSPS) is 11.1. The number of fused-ring (bicyclic) bond motifs is 1. The van der Waals surface area contributed by atoms with Gasteiger partial charge in [0.2, 0.25) is 0 Å². The highest BCUT2D eigenvalue weighted by atomic mass is 16.3. The monoisotopic (exact) mass is 314 g/mol. The fraction of sp³-hybridized carbons (Fsp3) is 0.0909. The Morgan fingerprint density at radius 1 is 0.750 bits per heavy atom. The first-order valence-electron chi connectivity index (χ1n) is 8.01. The molecule has 2 heteroatoms. The molecule has 1 aromatic heterocycles. The predicted molar refractivity (Wildman–Crippen MR) is 98.2 cm³/mol. The number of phenolic OH excluding ortho intramolecular Hbond substituents is 1. The van der Waals surface area contributed by atoms with Gasteiger partial charge in [-0.2, -0.15) is 0 Å². The summed E-state index contributed by atoms with van der Waals surface area (Å²) in [5, 5.41) is 11.1. The molecule has 0 atom stereocenters. The van der Waals surface area contributed by atoms with Gasteiger partial charge < -0.3 is 9.52 Å². The van der Waals surface area contributed by atoms with Crippen molar-refractivity contribution < 1.29 is 9.52 Å². The molecular formula is C22H18O2. The third-order valence-electron chi connectivity index (χ3n) is 4.50. The number of para-hydroxylation sites is 1. The van der Waals surface area contributed by atoms with E-state index >= 15 is 0 Å². The zero-order valence-corrected chi connectivity index (χ0v) is 13.7. The van der Waals surface area contributed by atoms with E-state index < -0.39 is 0 Å². The molecule has 4 aromatic rings. The third-order valence-corrected chi connectivity index (χ3v) is 4.50. The lowest BCUT2D eigenvalue weighted by molar-refractivity contribution is 0.467. The number of hydrogen-bond donors (Lipinski definition) is 1. The van der Waals surface area contributed by atoms with Crippen LogP contribution in [0.5, 0.6) is 5.75 Å². The lowest BCUT2D eigenvalue weighted by atomic mass is 9.97. The number of benzene rings is 3. The summed E-state index contributed by atoms with van der Waals surface area (Å²) >= 11 is 0. The lowest BCUT2D eigenvalue weighted by Crippen LogP contribution is -1.85. The minimum Gasteiger partial charge on any atom is -0.507 e. The van der Waals surface area contributed by atoms with E-state index in [1.165, 1.54) is 0 Å². The second kappa shape index (κ2) is 5.57. The molecule has 0 aliphatic carbocycles. The molecule has 0 saturated heterocycles. The van der Waals surface area contributed by atoms with Gasteiger partial charge in [0.25, 0.3) is 0 Å². The van der Waals surface area contributed by atoms with Gasteiger partial charge in [0.1, 0.15) is 11.3 Å². The third kappa shape index (κ3) is 2.37. The van der Waals surface area contributed by atoms with Crippen molar-refractivity contribution in [1.82, 2.24) is 0 Å². The van der Waals surface area contributed by atoms with Crippen LogP contribution in [0.2, 0.25) is 0 Å². The Balaban J connectivity index is 1.75. The summed E-state index contributed by atoms with van der Waals surface area (Å²) < 4.78 is 5.64. The molecule has 1 heterocycles. The fourth-order valence-corrected chi connectivity index (χ4v) is 3.17. The average Bonchev–Trinajstić information content (AvgIpc) is 3.03. The van der Waals surface area contributed by atoms with Gasteiger partial charge in [-0.1, -0.05) is 42.5 Å². The Kier molecular flexibility index (Phi) is 3.39. The highest BCUT2D eigenvalue weighted by Gasteiger charge is 2.09. The summed E-state index contributed by atoms with van der Waals surface area (Å²) in [6, 6.07) is 20.6. The first-order chi connectivity index (χ1) is 11.6. The molecule has 0 aliphatic rings. The second-order valence-corrected chi connectivity index (χ2v) is 6.18. The molecule has 4 rings (SSSR count). The van der Waals surface area contributed by atoms with Crippen molar-refractivity contribution in [1.29, 1.82) is 0 Å². The Morgan fingerprint density at radius 2 is 1.38 bits per heavy atom. The molecule has 0 unspecified atom stereocenters. The molecular weight excluding hydrogens is 296 g/mol. The molecule has 24 heavy (non-hydrogen) atoms. The van der Waals surface area contributed by atoms with Gasteiger partial charge in [0.15, 0.2) is 0 Å². The van der Waals surface area contributed by atoms with Crippen molar-refractivity contribution >= 4 is 11.0 Å². The number of furan rings is 1. The molecule has 0 bridgehead atoms. The van der Waals surface area contributed by atoms with E-state index in [1.807, 2.05) is 50.4 Å².